The Morgan fingerprint density at radius 2 is 1.94 bits per heavy atom. The van der Waals surface area contributed by atoms with Crippen LogP contribution in [0, 0.1) is 0 Å². The zero-order chi connectivity index (χ0) is 13.3. The van der Waals surface area contributed by atoms with E-state index in [1.54, 1.807) is 18.2 Å². The van der Waals surface area contributed by atoms with Gasteiger partial charge in [-0.25, -0.2) is 14.8 Å². The summed E-state index contributed by atoms with van der Waals surface area (Å²) in [4.78, 5) is 18.6. The predicted octanol–water partition coefficient (Wildman–Crippen LogP) is 3.80. The highest BCUT2D eigenvalue weighted by Crippen LogP contribution is 2.32. The maximum Gasteiger partial charge on any atom is 0.357 e. The van der Waals surface area contributed by atoms with Crippen molar-refractivity contribution >= 4 is 40.8 Å². The molecule has 0 atom stereocenters. The third kappa shape index (κ3) is 2.41. The maximum atomic E-state index is 10.9. The smallest absolute Gasteiger partial charge is 0.357 e. The number of carbonyl (C=O) groups is 1. The number of hydrogen-bond acceptors (Lipinski definition) is 3. The quantitative estimate of drug-likeness (QED) is 0.916. The predicted molar refractivity (Wildman–Crippen MR) is 69.5 cm³/mol. The first-order chi connectivity index (χ1) is 8.50. The van der Waals surface area contributed by atoms with Crippen LogP contribution in [0.4, 0.5) is 0 Å². The van der Waals surface area contributed by atoms with Crippen molar-refractivity contribution in [1.29, 1.82) is 0 Å². The van der Waals surface area contributed by atoms with E-state index in [-0.39, 0.29) is 15.9 Å². The van der Waals surface area contributed by atoms with Crippen LogP contribution in [0.5, 0.6) is 0 Å². The molecule has 7 heteroatoms. The van der Waals surface area contributed by atoms with E-state index in [2.05, 4.69) is 9.97 Å². The minimum Gasteiger partial charge on any atom is -0.476 e. The lowest BCUT2D eigenvalue weighted by atomic mass is 10.1. The Morgan fingerprint density at radius 1 is 1.22 bits per heavy atom. The van der Waals surface area contributed by atoms with Gasteiger partial charge in [0.15, 0.2) is 10.8 Å². The van der Waals surface area contributed by atoms with Crippen molar-refractivity contribution in [2.24, 2.45) is 0 Å². The highest BCUT2D eigenvalue weighted by Gasteiger charge is 2.15. The average molecular weight is 304 g/mol. The molecule has 18 heavy (non-hydrogen) atoms. The summed E-state index contributed by atoms with van der Waals surface area (Å²) in [5.74, 6) is -1.26. The second-order valence-corrected chi connectivity index (χ2v) is 4.44. The van der Waals surface area contributed by atoms with Gasteiger partial charge in [-0.2, -0.15) is 0 Å². The molecule has 0 aliphatic rings. The van der Waals surface area contributed by atoms with Crippen molar-refractivity contribution in [3.8, 4) is 11.3 Å². The van der Waals surface area contributed by atoms with Crippen LogP contribution in [-0.4, -0.2) is 21.0 Å². The van der Waals surface area contributed by atoms with Gasteiger partial charge >= 0.3 is 5.97 Å². The minimum absolute atomic E-state index is 0.176. The fourth-order valence-corrected chi connectivity index (χ4v) is 1.91. The first kappa shape index (κ1) is 13.1. The lowest BCUT2D eigenvalue weighted by Gasteiger charge is -2.06. The van der Waals surface area contributed by atoms with Gasteiger partial charge in [-0.1, -0.05) is 46.9 Å². The number of aromatic nitrogens is 2. The lowest BCUT2D eigenvalue weighted by molar-refractivity contribution is 0.0690. The first-order valence-electron chi connectivity index (χ1n) is 4.71. The highest BCUT2D eigenvalue weighted by atomic mass is 35.5. The largest absolute Gasteiger partial charge is 0.476 e. The molecule has 0 aliphatic carbocycles. The molecule has 0 unspecified atom stereocenters. The second-order valence-electron chi connectivity index (χ2n) is 3.30. The molecule has 0 saturated heterocycles. The van der Waals surface area contributed by atoms with Crippen molar-refractivity contribution < 1.29 is 9.90 Å². The number of benzene rings is 1. The molecule has 92 valence electrons. The number of aromatic carboxylic acids is 1. The second kappa shape index (κ2) is 5.10. The fraction of sp³-hybridized carbons (Fsp3) is 0. The summed E-state index contributed by atoms with van der Waals surface area (Å²) >= 11 is 17.5. The Bertz CT molecular complexity index is 632. The third-order valence-corrected chi connectivity index (χ3v) is 3.25. The zero-order valence-electron chi connectivity index (χ0n) is 8.69. The molecule has 1 N–H and O–H groups in total. The fourth-order valence-electron chi connectivity index (χ4n) is 1.34. The first-order valence-corrected chi connectivity index (χ1v) is 5.84. The SMILES string of the molecule is O=C(O)c1nc(-c2cccc(Cl)c2Cl)cnc1Cl. The van der Waals surface area contributed by atoms with Crippen molar-refractivity contribution in [3.05, 3.63) is 45.3 Å². The van der Waals surface area contributed by atoms with Gasteiger partial charge in [0, 0.05) is 5.56 Å². The molecule has 4 nitrogen and oxygen atoms in total. The average Bonchev–Trinajstić information content (AvgIpc) is 2.33. The Morgan fingerprint density at radius 3 is 2.61 bits per heavy atom. The van der Waals surface area contributed by atoms with Crippen molar-refractivity contribution in [3.63, 3.8) is 0 Å². The van der Waals surface area contributed by atoms with Gasteiger partial charge in [0.25, 0.3) is 0 Å². The summed E-state index contributed by atoms with van der Waals surface area (Å²) in [6.45, 7) is 0. The van der Waals surface area contributed by atoms with Gasteiger partial charge in [-0.3, -0.25) is 0 Å². The molecule has 0 saturated carbocycles. The van der Waals surface area contributed by atoms with Gasteiger partial charge in [0.1, 0.15) is 0 Å². The summed E-state index contributed by atoms with van der Waals surface area (Å²) in [6.07, 6.45) is 1.34. The van der Waals surface area contributed by atoms with E-state index in [0.29, 0.717) is 16.3 Å². The normalized spacial score (nSPS) is 10.4. The van der Waals surface area contributed by atoms with Gasteiger partial charge in [0.05, 0.1) is 21.9 Å². The Hall–Kier alpha value is -1.36. The summed E-state index contributed by atoms with van der Waals surface area (Å²) in [6, 6.07) is 4.97. The zero-order valence-corrected chi connectivity index (χ0v) is 11.0. The van der Waals surface area contributed by atoms with E-state index in [4.69, 9.17) is 39.9 Å². The molecule has 0 spiro atoms. The maximum absolute atomic E-state index is 10.9. The summed E-state index contributed by atoms with van der Waals surface area (Å²) in [7, 11) is 0. The molecule has 1 aromatic carbocycles. The van der Waals surface area contributed by atoms with E-state index in [1.165, 1.54) is 6.20 Å². The number of halogens is 3. The van der Waals surface area contributed by atoms with Gasteiger partial charge in [-0.15, -0.1) is 0 Å². The van der Waals surface area contributed by atoms with Gasteiger partial charge < -0.3 is 5.11 Å². The van der Waals surface area contributed by atoms with Gasteiger partial charge in [0.2, 0.25) is 0 Å². The monoisotopic (exact) mass is 302 g/mol. The molecule has 0 bridgehead atoms. The van der Waals surface area contributed by atoms with Crippen molar-refractivity contribution in [2.75, 3.05) is 0 Å². The summed E-state index contributed by atoms with van der Waals surface area (Å²) in [5.41, 5.74) is 0.463. The van der Waals surface area contributed by atoms with Crippen LogP contribution in [0.25, 0.3) is 11.3 Å². The molecule has 0 aliphatic heterocycles. The topological polar surface area (TPSA) is 63.1 Å². The van der Waals surface area contributed by atoms with Crippen molar-refractivity contribution in [1.82, 2.24) is 9.97 Å². The van der Waals surface area contributed by atoms with Crippen LogP contribution < -0.4 is 0 Å². The molecule has 1 heterocycles. The van der Waals surface area contributed by atoms with Crippen LogP contribution in [-0.2, 0) is 0 Å². The summed E-state index contributed by atoms with van der Waals surface area (Å²) < 4.78 is 0. The Balaban J connectivity index is 2.62. The number of carboxylic acids is 1. The van der Waals surface area contributed by atoms with E-state index >= 15 is 0 Å². The minimum atomic E-state index is -1.26. The molecule has 2 rings (SSSR count). The molecule has 0 radical (unpaired) electrons. The van der Waals surface area contributed by atoms with Crippen LogP contribution in [0.1, 0.15) is 10.5 Å². The molecule has 1 aromatic heterocycles. The molecule has 2 aromatic rings. The summed E-state index contributed by atoms with van der Waals surface area (Å²) in [5, 5.41) is 9.37. The highest BCUT2D eigenvalue weighted by molar-refractivity contribution is 6.43. The molecular formula is C11H5Cl3N2O2. The van der Waals surface area contributed by atoms with Crippen molar-refractivity contribution in [2.45, 2.75) is 0 Å². The van der Waals surface area contributed by atoms with E-state index in [1.807, 2.05) is 0 Å². The van der Waals surface area contributed by atoms with E-state index < -0.39 is 5.97 Å². The van der Waals surface area contributed by atoms with Crippen LogP contribution >= 0.6 is 34.8 Å². The molecule has 0 amide bonds. The Kier molecular flexibility index (Phi) is 3.71. The number of hydrogen-bond donors (Lipinski definition) is 1. The van der Waals surface area contributed by atoms with Gasteiger partial charge in [-0.05, 0) is 6.07 Å². The molecular weight excluding hydrogens is 298 g/mol. The number of nitrogens with zero attached hydrogens (tertiary/aromatic N) is 2. The standard InChI is InChI=1S/C11H5Cl3N2O2/c12-6-3-1-2-5(8(6)13)7-4-15-10(14)9(16-7)11(17)18/h1-4H,(H,17,18). The van der Waals surface area contributed by atoms with E-state index in [9.17, 15) is 4.79 Å². The van der Waals surface area contributed by atoms with Crippen LogP contribution in [0.15, 0.2) is 24.4 Å². The lowest BCUT2D eigenvalue weighted by Crippen LogP contribution is -2.04. The third-order valence-electron chi connectivity index (χ3n) is 2.16. The van der Waals surface area contributed by atoms with Crippen LogP contribution in [0.2, 0.25) is 15.2 Å². The van der Waals surface area contributed by atoms with Crippen LogP contribution in [0.3, 0.4) is 0 Å². The number of rotatable bonds is 2. The molecule has 0 fully saturated rings. The van der Waals surface area contributed by atoms with E-state index in [0.717, 1.165) is 0 Å². The Labute approximate surface area is 117 Å². The number of carboxylic acid groups (broad SMARTS) is 1.